The first-order valence-electron chi connectivity index (χ1n) is 13.5. The molecule has 1 aromatic carbocycles. The Morgan fingerprint density at radius 3 is 2.32 bits per heavy atom. The Morgan fingerprint density at radius 2 is 1.75 bits per heavy atom. The van der Waals surface area contributed by atoms with Gasteiger partial charge in [-0.2, -0.15) is 30.6 Å². The van der Waals surface area contributed by atoms with E-state index in [1.165, 1.54) is 24.0 Å². The molecule has 0 amide bonds. The van der Waals surface area contributed by atoms with Crippen LogP contribution in [0.1, 0.15) is 65.8 Å². The van der Waals surface area contributed by atoms with Crippen LogP contribution in [0.3, 0.4) is 0 Å². The second kappa shape index (κ2) is 11.9. The minimum absolute atomic E-state index is 0.108. The number of sulfonamides is 1. The molecule has 2 heterocycles. The predicted octanol–water partition coefficient (Wildman–Crippen LogP) is 6.42. The van der Waals surface area contributed by atoms with E-state index in [4.69, 9.17) is 4.74 Å². The highest BCUT2D eigenvalue weighted by molar-refractivity contribution is 7.89. The van der Waals surface area contributed by atoms with Gasteiger partial charge in [-0.05, 0) is 38.3 Å². The fraction of sp³-hybridized carbons (Fsp3) is 0.556. The maximum Gasteiger partial charge on any atom is 0.420 e. The van der Waals surface area contributed by atoms with Gasteiger partial charge in [0.25, 0.3) is 0 Å². The number of carboxylic acids is 1. The van der Waals surface area contributed by atoms with Crippen molar-refractivity contribution in [3.05, 3.63) is 46.8 Å². The van der Waals surface area contributed by atoms with E-state index < -0.39 is 113 Å². The number of hydrogen-bond donors (Lipinski definition) is 1. The molecule has 2 aliphatic rings. The number of anilines is 1. The largest absolute Gasteiger partial charge is 0.488 e. The molecule has 2 aromatic rings. The summed E-state index contributed by atoms with van der Waals surface area (Å²) in [7, 11) is -3.73. The molecule has 1 aliphatic carbocycles. The van der Waals surface area contributed by atoms with E-state index in [2.05, 4.69) is 4.98 Å². The molecule has 0 unspecified atom stereocenters. The molecule has 8 nitrogen and oxygen atoms in total. The summed E-state index contributed by atoms with van der Waals surface area (Å²) < 4.78 is 144. The van der Waals surface area contributed by atoms with Gasteiger partial charge < -0.3 is 14.7 Å². The number of benzene rings is 1. The normalized spacial score (nSPS) is 21.0. The molecule has 1 atom stereocenters. The standard InChI is InChI=1S/C27H29F8N3O5S/c1-15-3-4-16(23(36-15)24(39)40)14-43-21-12-22-20(11-19(21)27(33,34)35)38(17-5-8-25(28,29)9-6-17)13-18(7-10-26(30,31)32)37(2)44(22,41)42/h3-4,11-12,17-18H,5-10,13-14H2,1-2H3,(H,39,40)/t18-/m1/s1. The molecule has 4 rings (SSSR count). The molecule has 17 heteroatoms. The monoisotopic (exact) mass is 659 g/mol. The Kier molecular flexibility index (Phi) is 9.14. The summed E-state index contributed by atoms with van der Waals surface area (Å²) in [5.74, 6) is -5.50. The summed E-state index contributed by atoms with van der Waals surface area (Å²) in [5.41, 5.74) is -2.23. The van der Waals surface area contributed by atoms with Gasteiger partial charge in [0.15, 0.2) is 5.69 Å². The number of fused-ring (bicyclic) bond motifs is 1. The third-order valence-electron chi connectivity index (χ3n) is 7.85. The van der Waals surface area contributed by atoms with Crippen LogP contribution in [0.5, 0.6) is 5.75 Å². The second-order valence-corrected chi connectivity index (χ2v) is 12.9. The van der Waals surface area contributed by atoms with Crippen LogP contribution in [0.2, 0.25) is 0 Å². The number of aromatic carboxylic acids is 1. The number of carbonyl (C=O) groups is 1. The minimum atomic E-state index is -5.13. The van der Waals surface area contributed by atoms with E-state index in [0.29, 0.717) is 22.1 Å². The lowest BCUT2D eigenvalue weighted by Gasteiger charge is -2.40. The maximum atomic E-state index is 14.4. The number of aromatic nitrogens is 1. The van der Waals surface area contributed by atoms with Gasteiger partial charge in [0.1, 0.15) is 17.3 Å². The first-order valence-corrected chi connectivity index (χ1v) is 14.9. The Bertz CT molecular complexity index is 1500. The molecular weight excluding hydrogens is 630 g/mol. The number of hydrogen-bond acceptors (Lipinski definition) is 6. The molecular formula is C27H29F8N3O5S. The molecule has 1 saturated carbocycles. The van der Waals surface area contributed by atoms with Crippen LogP contribution < -0.4 is 9.64 Å². The molecule has 0 radical (unpaired) electrons. The van der Waals surface area contributed by atoms with E-state index in [0.717, 1.165) is 7.05 Å². The fourth-order valence-corrected chi connectivity index (χ4v) is 7.01. The van der Waals surface area contributed by atoms with Crippen molar-refractivity contribution in [3.63, 3.8) is 0 Å². The van der Waals surface area contributed by atoms with E-state index in [1.54, 1.807) is 0 Å². The maximum absolute atomic E-state index is 14.4. The average molecular weight is 660 g/mol. The van der Waals surface area contributed by atoms with Gasteiger partial charge in [-0.3, -0.25) is 0 Å². The summed E-state index contributed by atoms with van der Waals surface area (Å²) in [6.45, 7) is 0.277. The van der Waals surface area contributed by atoms with Crippen LogP contribution in [0.4, 0.5) is 40.8 Å². The fourth-order valence-electron chi connectivity index (χ4n) is 5.44. The van der Waals surface area contributed by atoms with Crippen molar-refractivity contribution in [2.24, 2.45) is 0 Å². The second-order valence-electron chi connectivity index (χ2n) is 10.9. The number of aryl methyl sites for hydroxylation is 1. The molecule has 244 valence electrons. The van der Waals surface area contributed by atoms with Crippen LogP contribution in [0.15, 0.2) is 29.2 Å². The van der Waals surface area contributed by atoms with Crippen LogP contribution >= 0.6 is 0 Å². The van der Waals surface area contributed by atoms with Gasteiger partial charge in [-0.25, -0.2) is 27.0 Å². The van der Waals surface area contributed by atoms with Crippen molar-refractivity contribution in [2.75, 3.05) is 18.5 Å². The van der Waals surface area contributed by atoms with Gasteiger partial charge in [0.2, 0.25) is 15.9 Å². The molecule has 1 fully saturated rings. The average Bonchev–Trinajstić information content (AvgIpc) is 2.98. The number of pyridine rings is 1. The van der Waals surface area contributed by atoms with Gasteiger partial charge >= 0.3 is 18.3 Å². The van der Waals surface area contributed by atoms with Crippen molar-refractivity contribution in [1.29, 1.82) is 0 Å². The summed E-state index contributed by atoms with van der Waals surface area (Å²) in [6, 6.07) is 1.54. The Hall–Kier alpha value is -3.21. The zero-order valence-corrected chi connectivity index (χ0v) is 24.3. The number of halogens is 8. The molecule has 0 saturated heterocycles. The summed E-state index contributed by atoms with van der Waals surface area (Å²) >= 11 is 0. The smallest absolute Gasteiger partial charge is 0.420 e. The topological polar surface area (TPSA) is 100 Å². The SMILES string of the molecule is Cc1ccc(COc2cc3c(cc2C(F)(F)F)N(C2CCC(F)(F)CC2)C[C@@H](CCC(F)(F)F)N(C)S3(=O)=O)c(C(=O)O)n1. The predicted molar refractivity (Wildman–Crippen MR) is 140 cm³/mol. The van der Waals surface area contributed by atoms with Gasteiger partial charge in [-0.1, -0.05) is 6.07 Å². The number of alkyl halides is 8. The number of ether oxygens (including phenoxy) is 1. The minimum Gasteiger partial charge on any atom is -0.488 e. The zero-order valence-electron chi connectivity index (χ0n) is 23.5. The van der Waals surface area contributed by atoms with Crippen LogP contribution in [-0.4, -0.2) is 66.6 Å². The van der Waals surface area contributed by atoms with Crippen molar-refractivity contribution in [1.82, 2.24) is 9.29 Å². The molecule has 1 N–H and O–H groups in total. The molecule has 0 spiro atoms. The zero-order chi connectivity index (χ0) is 32.8. The third kappa shape index (κ3) is 7.35. The highest BCUT2D eigenvalue weighted by Crippen LogP contribution is 2.46. The molecule has 44 heavy (non-hydrogen) atoms. The van der Waals surface area contributed by atoms with Crippen molar-refractivity contribution in [2.45, 2.75) is 87.3 Å². The van der Waals surface area contributed by atoms with Crippen molar-refractivity contribution >= 4 is 21.7 Å². The number of likely N-dealkylation sites (N-methyl/N-ethyl adjacent to an activating group) is 1. The number of nitrogens with zero attached hydrogens (tertiary/aromatic N) is 3. The number of carboxylic acid groups (broad SMARTS) is 1. The summed E-state index contributed by atoms with van der Waals surface area (Å²) in [4.78, 5) is 16.0. The summed E-state index contributed by atoms with van der Waals surface area (Å²) in [5, 5.41) is 9.46. The highest BCUT2D eigenvalue weighted by atomic mass is 32.2. The Morgan fingerprint density at radius 1 is 1.11 bits per heavy atom. The van der Waals surface area contributed by atoms with Gasteiger partial charge in [0, 0.05) is 62.3 Å². The van der Waals surface area contributed by atoms with Crippen LogP contribution in [0, 0.1) is 6.92 Å². The molecule has 0 bridgehead atoms. The lowest BCUT2D eigenvalue weighted by molar-refractivity contribution is -0.139. The van der Waals surface area contributed by atoms with E-state index in [9.17, 15) is 53.4 Å². The van der Waals surface area contributed by atoms with Gasteiger partial charge in [-0.15, -0.1) is 0 Å². The molecule has 1 aromatic heterocycles. The van der Waals surface area contributed by atoms with Crippen LogP contribution in [0.25, 0.3) is 0 Å². The lowest BCUT2D eigenvalue weighted by atomic mass is 9.90. The Labute approximate surface area is 247 Å². The van der Waals surface area contributed by atoms with Crippen LogP contribution in [-0.2, 0) is 22.8 Å². The van der Waals surface area contributed by atoms with E-state index in [1.807, 2.05) is 0 Å². The van der Waals surface area contributed by atoms with E-state index in [-0.39, 0.29) is 18.4 Å². The summed E-state index contributed by atoms with van der Waals surface area (Å²) in [6.07, 6.45) is -13.6. The third-order valence-corrected chi connectivity index (χ3v) is 9.79. The van der Waals surface area contributed by atoms with Gasteiger partial charge in [0.05, 0.1) is 11.3 Å². The quantitative estimate of drug-likeness (QED) is 0.343. The van der Waals surface area contributed by atoms with Crippen molar-refractivity contribution in [3.8, 4) is 5.75 Å². The van der Waals surface area contributed by atoms with Crippen molar-refractivity contribution < 1.29 is 58.2 Å². The number of rotatable bonds is 7. The Balaban J connectivity index is 1.85. The first-order chi connectivity index (χ1) is 20.2. The lowest BCUT2D eigenvalue weighted by Crippen LogP contribution is -2.47. The first kappa shape index (κ1) is 33.7. The molecule has 1 aliphatic heterocycles. The van der Waals surface area contributed by atoms with E-state index >= 15 is 0 Å². The highest BCUT2D eigenvalue weighted by Gasteiger charge is 2.45.